The van der Waals surface area contributed by atoms with E-state index in [1.807, 2.05) is 30.3 Å². The summed E-state index contributed by atoms with van der Waals surface area (Å²) in [6, 6.07) is 12.9. The van der Waals surface area contributed by atoms with Gasteiger partial charge in [0.25, 0.3) is 0 Å². The third kappa shape index (κ3) is 4.74. The number of hydrogen-bond donors (Lipinski definition) is 2. The van der Waals surface area contributed by atoms with Crippen molar-refractivity contribution in [3.05, 3.63) is 64.4 Å². The fourth-order valence-electron chi connectivity index (χ4n) is 3.48. The number of urea groups is 1. The highest BCUT2D eigenvalue weighted by molar-refractivity contribution is 6.30. The first-order valence-electron chi connectivity index (χ1n) is 8.80. The summed E-state index contributed by atoms with van der Waals surface area (Å²) in [5, 5.41) is 15.6. The molecule has 0 unspecified atom stereocenters. The lowest BCUT2D eigenvalue weighted by molar-refractivity contribution is 0.230. The molecule has 2 aromatic rings. The van der Waals surface area contributed by atoms with E-state index in [0.29, 0.717) is 23.2 Å². The van der Waals surface area contributed by atoms with Gasteiger partial charge in [-0.3, -0.25) is 0 Å². The van der Waals surface area contributed by atoms with Crippen molar-refractivity contribution in [2.75, 3.05) is 0 Å². The molecule has 2 amide bonds. The summed E-state index contributed by atoms with van der Waals surface area (Å²) >= 11 is 6.14. The van der Waals surface area contributed by atoms with Gasteiger partial charge in [-0.05, 0) is 54.2 Å². The summed E-state index contributed by atoms with van der Waals surface area (Å²) in [5.74, 6) is 0.422. The lowest BCUT2D eigenvalue weighted by Gasteiger charge is -2.25. The van der Waals surface area contributed by atoms with Crippen LogP contribution in [0.4, 0.5) is 4.79 Å². The molecule has 1 aromatic heterocycles. The maximum atomic E-state index is 12.5. The SMILES string of the molecule is N#Cc1cc(CNC(=O)N[C@H](c2cccc(Cl)c2)C2CCCC2)ccn1. The summed E-state index contributed by atoms with van der Waals surface area (Å²) in [6.45, 7) is 0.343. The number of aromatic nitrogens is 1. The van der Waals surface area contributed by atoms with Crippen molar-refractivity contribution >= 4 is 17.6 Å². The van der Waals surface area contributed by atoms with Gasteiger partial charge in [-0.15, -0.1) is 0 Å². The number of nitrogens with one attached hydrogen (secondary N) is 2. The summed E-state index contributed by atoms with van der Waals surface area (Å²) < 4.78 is 0. The Morgan fingerprint density at radius 1 is 1.31 bits per heavy atom. The molecular weight excluding hydrogens is 348 g/mol. The number of rotatable bonds is 5. The zero-order chi connectivity index (χ0) is 18.4. The highest BCUT2D eigenvalue weighted by Gasteiger charge is 2.27. The van der Waals surface area contributed by atoms with E-state index in [-0.39, 0.29) is 12.1 Å². The Labute approximate surface area is 158 Å². The minimum atomic E-state index is -0.225. The molecule has 0 spiro atoms. The molecule has 1 aliphatic rings. The van der Waals surface area contributed by atoms with Gasteiger partial charge < -0.3 is 10.6 Å². The fourth-order valence-corrected chi connectivity index (χ4v) is 3.68. The van der Waals surface area contributed by atoms with Gasteiger partial charge in [-0.2, -0.15) is 5.26 Å². The van der Waals surface area contributed by atoms with Crippen LogP contribution < -0.4 is 10.6 Å². The van der Waals surface area contributed by atoms with Gasteiger partial charge in [-0.1, -0.05) is 36.6 Å². The summed E-state index contributed by atoms with van der Waals surface area (Å²) in [5.41, 5.74) is 2.22. The Balaban J connectivity index is 1.66. The monoisotopic (exact) mass is 368 g/mol. The largest absolute Gasteiger partial charge is 0.334 e. The van der Waals surface area contributed by atoms with Crippen molar-refractivity contribution in [3.63, 3.8) is 0 Å². The Hall–Kier alpha value is -2.58. The normalized spacial score (nSPS) is 15.2. The molecule has 1 aromatic carbocycles. The van der Waals surface area contributed by atoms with Crippen LogP contribution in [-0.2, 0) is 6.54 Å². The lowest BCUT2D eigenvalue weighted by atomic mass is 9.92. The zero-order valence-electron chi connectivity index (χ0n) is 14.4. The van der Waals surface area contributed by atoms with Crippen LogP contribution in [0.15, 0.2) is 42.6 Å². The summed E-state index contributed by atoms with van der Waals surface area (Å²) in [7, 11) is 0. The minimum absolute atomic E-state index is 0.0525. The Morgan fingerprint density at radius 3 is 2.85 bits per heavy atom. The molecule has 2 N–H and O–H groups in total. The minimum Gasteiger partial charge on any atom is -0.334 e. The molecule has 3 rings (SSSR count). The molecule has 1 aliphatic carbocycles. The first-order valence-corrected chi connectivity index (χ1v) is 9.18. The van der Waals surface area contributed by atoms with E-state index < -0.39 is 0 Å². The molecule has 6 heteroatoms. The molecule has 0 radical (unpaired) electrons. The quantitative estimate of drug-likeness (QED) is 0.824. The second-order valence-corrected chi connectivity index (χ2v) is 7.00. The molecule has 0 aliphatic heterocycles. The van der Waals surface area contributed by atoms with E-state index in [9.17, 15) is 4.79 Å². The van der Waals surface area contributed by atoms with E-state index in [0.717, 1.165) is 24.0 Å². The summed E-state index contributed by atoms with van der Waals surface area (Å²) in [6.07, 6.45) is 6.17. The standard InChI is InChI=1S/C20H21ClN4O/c21-17-7-3-6-16(11-17)19(15-4-1-2-5-15)25-20(26)24-13-14-8-9-23-18(10-14)12-22/h3,6-11,15,19H,1-2,4-5,13H2,(H2,24,25,26)/t19-/m0/s1. The van der Waals surface area contributed by atoms with Crippen LogP contribution in [0, 0.1) is 17.2 Å². The van der Waals surface area contributed by atoms with Gasteiger partial charge in [0.05, 0.1) is 6.04 Å². The predicted molar refractivity (Wildman–Crippen MR) is 100 cm³/mol. The first-order chi connectivity index (χ1) is 12.7. The highest BCUT2D eigenvalue weighted by Crippen LogP contribution is 2.36. The molecule has 1 heterocycles. The molecule has 26 heavy (non-hydrogen) atoms. The van der Waals surface area contributed by atoms with Gasteiger partial charge in [0.2, 0.25) is 0 Å². The van der Waals surface area contributed by atoms with Crippen LogP contribution in [0.25, 0.3) is 0 Å². The van der Waals surface area contributed by atoms with Crippen LogP contribution in [0.1, 0.15) is 48.5 Å². The van der Waals surface area contributed by atoms with Crippen LogP contribution in [0.5, 0.6) is 0 Å². The van der Waals surface area contributed by atoms with E-state index in [1.54, 1.807) is 18.3 Å². The second-order valence-electron chi connectivity index (χ2n) is 6.57. The van der Waals surface area contributed by atoms with Gasteiger partial charge in [0, 0.05) is 17.8 Å². The molecule has 134 valence electrons. The first kappa shape index (κ1) is 18.2. The van der Waals surface area contributed by atoms with Crippen molar-refractivity contribution in [1.82, 2.24) is 15.6 Å². The molecule has 5 nitrogen and oxygen atoms in total. The lowest BCUT2D eigenvalue weighted by Crippen LogP contribution is -2.40. The molecule has 1 saturated carbocycles. The molecule has 0 bridgehead atoms. The molecule has 1 atom stereocenters. The Bertz CT molecular complexity index is 811. The highest BCUT2D eigenvalue weighted by atomic mass is 35.5. The topological polar surface area (TPSA) is 77.8 Å². The van der Waals surface area contributed by atoms with Gasteiger partial charge >= 0.3 is 6.03 Å². The third-order valence-electron chi connectivity index (χ3n) is 4.76. The van der Waals surface area contributed by atoms with E-state index in [4.69, 9.17) is 16.9 Å². The molecular formula is C20H21ClN4O. The number of amides is 2. The number of carbonyl (C=O) groups is 1. The van der Waals surface area contributed by atoms with Crippen molar-refractivity contribution in [2.45, 2.75) is 38.3 Å². The summed E-state index contributed by atoms with van der Waals surface area (Å²) in [4.78, 5) is 16.4. The average molecular weight is 369 g/mol. The van der Waals surface area contributed by atoms with Crippen molar-refractivity contribution in [2.24, 2.45) is 5.92 Å². The van der Waals surface area contributed by atoms with Crippen LogP contribution in [0.2, 0.25) is 5.02 Å². The number of carbonyl (C=O) groups excluding carboxylic acids is 1. The number of pyridine rings is 1. The van der Waals surface area contributed by atoms with Crippen molar-refractivity contribution in [3.8, 4) is 6.07 Å². The number of nitrogens with zero attached hydrogens (tertiary/aromatic N) is 2. The number of hydrogen-bond acceptors (Lipinski definition) is 3. The van der Waals surface area contributed by atoms with Crippen molar-refractivity contribution in [1.29, 1.82) is 5.26 Å². The fraction of sp³-hybridized carbons (Fsp3) is 0.350. The average Bonchev–Trinajstić information content (AvgIpc) is 3.19. The van der Waals surface area contributed by atoms with Crippen LogP contribution >= 0.6 is 11.6 Å². The molecule has 1 fully saturated rings. The smallest absolute Gasteiger partial charge is 0.315 e. The van der Waals surface area contributed by atoms with Gasteiger partial charge in [0.15, 0.2) is 0 Å². The van der Waals surface area contributed by atoms with E-state index in [1.165, 1.54) is 12.8 Å². The van der Waals surface area contributed by atoms with Gasteiger partial charge in [-0.25, -0.2) is 9.78 Å². The predicted octanol–water partition coefficient (Wildman–Crippen LogP) is 4.34. The molecule has 0 saturated heterocycles. The van der Waals surface area contributed by atoms with Gasteiger partial charge in [0.1, 0.15) is 11.8 Å². The maximum absolute atomic E-state index is 12.5. The third-order valence-corrected chi connectivity index (χ3v) is 4.99. The zero-order valence-corrected chi connectivity index (χ0v) is 15.2. The number of halogens is 1. The second kappa shape index (κ2) is 8.68. The maximum Gasteiger partial charge on any atom is 0.315 e. The van der Waals surface area contributed by atoms with E-state index in [2.05, 4.69) is 15.6 Å². The van der Waals surface area contributed by atoms with E-state index >= 15 is 0 Å². The van der Waals surface area contributed by atoms with Crippen molar-refractivity contribution < 1.29 is 4.79 Å². The Morgan fingerprint density at radius 2 is 2.12 bits per heavy atom. The Kier molecular flexibility index (Phi) is 6.08. The number of benzene rings is 1. The van der Waals surface area contributed by atoms with Crippen LogP contribution in [-0.4, -0.2) is 11.0 Å². The number of nitriles is 1. The van der Waals surface area contributed by atoms with Crippen LogP contribution in [0.3, 0.4) is 0 Å².